The van der Waals surface area contributed by atoms with Crippen LogP contribution in [0.3, 0.4) is 0 Å². The van der Waals surface area contributed by atoms with Crippen molar-refractivity contribution in [2.24, 2.45) is 10.9 Å². The Morgan fingerprint density at radius 1 is 1.23 bits per heavy atom. The molecule has 0 aliphatic carbocycles. The predicted molar refractivity (Wildman–Crippen MR) is 105 cm³/mol. The lowest BCUT2D eigenvalue weighted by molar-refractivity contribution is 0.179. The van der Waals surface area contributed by atoms with Gasteiger partial charge in [-0.3, -0.25) is 19.3 Å². The van der Waals surface area contributed by atoms with Crippen molar-refractivity contribution in [3.8, 4) is 0 Å². The topological polar surface area (TPSA) is 53.7 Å². The molecule has 144 valence electrons. The number of aromatic nitrogens is 2. The Morgan fingerprint density at radius 2 is 2.04 bits per heavy atom. The molecule has 6 heteroatoms. The summed E-state index contributed by atoms with van der Waals surface area (Å²) in [7, 11) is 2.19. The average molecular weight is 360 g/mol. The Balaban J connectivity index is 2.09. The van der Waals surface area contributed by atoms with Crippen LogP contribution in [0.2, 0.25) is 0 Å². The SMILES string of the molecule is CCCC(c1nc2c(c(=O)n1CC)=CC(C)CN=2)N1CCCN(C)CC1. The van der Waals surface area contributed by atoms with Gasteiger partial charge < -0.3 is 4.90 Å². The first-order valence-electron chi connectivity index (χ1n) is 10.1. The van der Waals surface area contributed by atoms with Crippen LogP contribution in [0.4, 0.5) is 0 Å². The van der Waals surface area contributed by atoms with Crippen LogP contribution < -0.4 is 16.3 Å². The summed E-state index contributed by atoms with van der Waals surface area (Å²) in [5.41, 5.74) is 0.733. The number of likely N-dealkylation sites (N-methyl/N-ethyl adjacent to an activating group) is 1. The molecule has 0 N–H and O–H groups in total. The van der Waals surface area contributed by atoms with Gasteiger partial charge in [-0.2, -0.15) is 0 Å². The number of rotatable bonds is 5. The molecule has 0 saturated carbocycles. The van der Waals surface area contributed by atoms with E-state index in [4.69, 9.17) is 4.98 Å². The van der Waals surface area contributed by atoms with Gasteiger partial charge in [-0.05, 0) is 39.3 Å². The first-order chi connectivity index (χ1) is 12.5. The van der Waals surface area contributed by atoms with E-state index < -0.39 is 0 Å². The highest BCUT2D eigenvalue weighted by Gasteiger charge is 2.26. The molecule has 0 amide bonds. The fourth-order valence-corrected chi connectivity index (χ4v) is 4.09. The van der Waals surface area contributed by atoms with Crippen LogP contribution in [0.15, 0.2) is 9.79 Å². The molecular weight excluding hydrogens is 326 g/mol. The van der Waals surface area contributed by atoms with E-state index in [-0.39, 0.29) is 11.6 Å². The van der Waals surface area contributed by atoms with Crippen LogP contribution in [0, 0.1) is 5.92 Å². The van der Waals surface area contributed by atoms with Crippen molar-refractivity contribution >= 4 is 6.08 Å². The molecule has 1 aromatic heterocycles. The maximum atomic E-state index is 13.1. The average Bonchev–Trinajstić information content (AvgIpc) is 2.85. The van der Waals surface area contributed by atoms with E-state index in [1.807, 2.05) is 17.6 Å². The van der Waals surface area contributed by atoms with Crippen molar-refractivity contribution in [1.29, 1.82) is 0 Å². The molecule has 2 unspecified atom stereocenters. The van der Waals surface area contributed by atoms with Gasteiger partial charge in [-0.15, -0.1) is 0 Å². The number of hydrogen-bond acceptors (Lipinski definition) is 5. The monoisotopic (exact) mass is 359 g/mol. The second kappa shape index (κ2) is 8.44. The molecule has 2 aliphatic rings. The molecule has 3 heterocycles. The van der Waals surface area contributed by atoms with Crippen LogP contribution >= 0.6 is 0 Å². The first kappa shape index (κ1) is 19.2. The van der Waals surface area contributed by atoms with E-state index in [1.165, 1.54) is 0 Å². The molecule has 6 nitrogen and oxygen atoms in total. The highest BCUT2D eigenvalue weighted by molar-refractivity contribution is 5.26. The zero-order valence-corrected chi connectivity index (χ0v) is 16.7. The van der Waals surface area contributed by atoms with Crippen LogP contribution in [-0.2, 0) is 6.54 Å². The molecule has 2 aliphatic heterocycles. The van der Waals surface area contributed by atoms with Gasteiger partial charge in [0.1, 0.15) is 5.82 Å². The highest BCUT2D eigenvalue weighted by Crippen LogP contribution is 2.24. The molecule has 1 aromatic rings. The van der Waals surface area contributed by atoms with Gasteiger partial charge in [-0.25, -0.2) is 4.98 Å². The first-order valence-corrected chi connectivity index (χ1v) is 10.1. The molecular formula is C20H33N5O. The van der Waals surface area contributed by atoms with Crippen molar-refractivity contribution < 1.29 is 0 Å². The molecule has 0 spiro atoms. The van der Waals surface area contributed by atoms with Gasteiger partial charge in [-0.1, -0.05) is 26.3 Å². The standard InChI is InChI=1S/C20H33N5O/c1-5-8-17(24-10-7-9-23(4)11-12-24)19-22-18-16(13-15(3)14-21-18)20(26)25(19)6-2/h13,15,17H,5-12,14H2,1-4H3. The Bertz CT molecular complexity index is 800. The summed E-state index contributed by atoms with van der Waals surface area (Å²) in [5, 5.41) is 0.695. The second-order valence-electron chi connectivity index (χ2n) is 7.74. The smallest absolute Gasteiger partial charge is 0.262 e. The van der Waals surface area contributed by atoms with Crippen molar-refractivity contribution in [3.05, 3.63) is 26.9 Å². The van der Waals surface area contributed by atoms with E-state index >= 15 is 0 Å². The maximum Gasteiger partial charge on any atom is 0.262 e. The van der Waals surface area contributed by atoms with Crippen molar-refractivity contribution in [1.82, 2.24) is 19.4 Å². The predicted octanol–water partition coefficient (Wildman–Crippen LogP) is 0.792. The quantitative estimate of drug-likeness (QED) is 0.780. The number of nitrogens with zero attached hydrogens (tertiary/aromatic N) is 5. The Labute approximate surface area is 156 Å². The van der Waals surface area contributed by atoms with Crippen LogP contribution in [0.5, 0.6) is 0 Å². The highest BCUT2D eigenvalue weighted by atomic mass is 16.1. The summed E-state index contributed by atoms with van der Waals surface area (Å²) in [6.07, 6.45) is 5.31. The maximum absolute atomic E-state index is 13.1. The van der Waals surface area contributed by atoms with Crippen molar-refractivity contribution in [3.63, 3.8) is 0 Å². The lowest BCUT2D eigenvalue weighted by atomic mass is 10.1. The number of fused-ring (bicyclic) bond motifs is 1. The van der Waals surface area contributed by atoms with E-state index in [0.29, 0.717) is 23.2 Å². The van der Waals surface area contributed by atoms with Crippen molar-refractivity contribution in [2.45, 2.75) is 52.6 Å². The zero-order chi connectivity index (χ0) is 18.7. The molecule has 1 fully saturated rings. The van der Waals surface area contributed by atoms with Crippen molar-refractivity contribution in [2.75, 3.05) is 39.8 Å². The van der Waals surface area contributed by atoms with Gasteiger partial charge >= 0.3 is 0 Å². The summed E-state index contributed by atoms with van der Waals surface area (Å²) in [4.78, 5) is 27.6. The zero-order valence-electron chi connectivity index (χ0n) is 16.7. The minimum atomic E-state index is 0.0795. The normalized spacial score (nSPS) is 22.8. The third kappa shape index (κ3) is 3.91. The van der Waals surface area contributed by atoms with E-state index in [0.717, 1.165) is 57.8 Å². The van der Waals surface area contributed by atoms with E-state index in [2.05, 4.69) is 35.7 Å². The largest absolute Gasteiger partial charge is 0.305 e. The fourth-order valence-electron chi connectivity index (χ4n) is 4.09. The molecule has 1 saturated heterocycles. The molecule has 0 aromatic carbocycles. The van der Waals surface area contributed by atoms with Crippen LogP contribution in [-0.4, -0.2) is 59.1 Å². The minimum absolute atomic E-state index is 0.0795. The van der Waals surface area contributed by atoms with E-state index in [9.17, 15) is 4.79 Å². The van der Waals surface area contributed by atoms with E-state index in [1.54, 1.807) is 0 Å². The lowest BCUT2D eigenvalue weighted by Crippen LogP contribution is -2.52. The molecule has 3 rings (SSSR count). The second-order valence-corrected chi connectivity index (χ2v) is 7.74. The summed E-state index contributed by atoms with van der Waals surface area (Å²) in [6, 6.07) is 0.194. The summed E-state index contributed by atoms with van der Waals surface area (Å²) in [5.74, 6) is 1.22. The molecule has 2 atom stereocenters. The van der Waals surface area contributed by atoms with Gasteiger partial charge in [0.15, 0.2) is 5.49 Å². The van der Waals surface area contributed by atoms with Gasteiger partial charge in [0, 0.05) is 32.7 Å². The lowest BCUT2D eigenvalue weighted by Gasteiger charge is -2.31. The van der Waals surface area contributed by atoms with Gasteiger partial charge in [0.2, 0.25) is 0 Å². The molecule has 0 bridgehead atoms. The fraction of sp³-hybridized carbons (Fsp3) is 0.750. The Kier molecular flexibility index (Phi) is 6.24. The summed E-state index contributed by atoms with van der Waals surface area (Å²) >= 11 is 0. The minimum Gasteiger partial charge on any atom is -0.305 e. The summed E-state index contributed by atoms with van der Waals surface area (Å²) in [6.45, 7) is 12.0. The van der Waals surface area contributed by atoms with Gasteiger partial charge in [0.05, 0.1) is 11.3 Å². The Morgan fingerprint density at radius 3 is 2.77 bits per heavy atom. The Hall–Kier alpha value is -1.53. The molecule has 0 radical (unpaired) electrons. The molecule has 26 heavy (non-hydrogen) atoms. The third-order valence-electron chi connectivity index (χ3n) is 5.56. The summed E-state index contributed by atoms with van der Waals surface area (Å²) < 4.78 is 1.89. The van der Waals surface area contributed by atoms with Gasteiger partial charge in [0.25, 0.3) is 5.56 Å². The number of hydrogen-bond donors (Lipinski definition) is 0. The van der Waals surface area contributed by atoms with Crippen LogP contribution in [0.25, 0.3) is 6.08 Å². The van der Waals surface area contributed by atoms with Crippen LogP contribution in [0.1, 0.15) is 51.9 Å². The third-order valence-corrected chi connectivity index (χ3v) is 5.56.